The standard InChI is InChI=1S/C9H16O4/c1-6(3-4-8(10)11)5-7(2)9(12)13/h6-7H,3-5H2,1-2H3,(H,10,11)(H,12,13). The molecule has 0 radical (unpaired) electrons. The first kappa shape index (κ1) is 11.9. The van der Waals surface area contributed by atoms with Crippen LogP contribution in [-0.2, 0) is 9.59 Å². The van der Waals surface area contributed by atoms with Gasteiger partial charge in [0.1, 0.15) is 0 Å². The number of carboxylic acid groups (broad SMARTS) is 2. The Morgan fingerprint density at radius 3 is 2.15 bits per heavy atom. The van der Waals surface area contributed by atoms with Gasteiger partial charge in [0.2, 0.25) is 0 Å². The molecule has 0 fully saturated rings. The maximum absolute atomic E-state index is 10.5. The fourth-order valence-corrected chi connectivity index (χ4v) is 1.19. The number of aliphatic carboxylic acids is 2. The van der Waals surface area contributed by atoms with E-state index in [1.54, 1.807) is 6.92 Å². The van der Waals surface area contributed by atoms with Crippen LogP contribution in [0.25, 0.3) is 0 Å². The summed E-state index contributed by atoms with van der Waals surface area (Å²) in [4.78, 5) is 20.7. The Morgan fingerprint density at radius 2 is 1.77 bits per heavy atom. The summed E-state index contributed by atoms with van der Waals surface area (Å²) in [7, 11) is 0. The number of hydrogen-bond acceptors (Lipinski definition) is 2. The highest BCUT2D eigenvalue weighted by Crippen LogP contribution is 2.16. The van der Waals surface area contributed by atoms with Crippen LogP contribution in [-0.4, -0.2) is 22.2 Å². The molecule has 4 nitrogen and oxygen atoms in total. The summed E-state index contributed by atoms with van der Waals surface area (Å²) in [6.07, 6.45) is 1.21. The summed E-state index contributed by atoms with van der Waals surface area (Å²) in [5, 5.41) is 17.0. The molecule has 2 unspecified atom stereocenters. The van der Waals surface area contributed by atoms with E-state index in [1.165, 1.54) is 0 Å². The van der Waals surface area contributed by atoms with Crippen LogP contribution >= 0.6 is 0 Å². The second-order valence-corrected chi connectivity index (χ2v) is 3.51. The smallest absolute Gasteiger partial charge is 0.306 e. The Morgan fingerprint density at radius 1 is 1.23 bits per heavy atom. The van der Waals surface area contributed by atoms with Gasteiger partial charge in [0.05, 0.1) is 5.92 Å². The van der Waals surface area contributed by atoms with Gasteiger partial charge in [-0.05, 0) is 18.8 Å². The van der Waals surface area contributed by atoms with Crippen LogP contribution in [0.2, 0.25) is 0 Å². The predicted octanol–water partition coefficient (Wildman–Crippen LogP) is 1.60. The van der Waals surface area contributed by atoms with E-state index >= 15 is 0 Å². The average Bonchev–Trinajstić information content (AvgIpc) is 2.00. The molecule has 2 N–H and O–H groups in total. The Bertz CT molecular complexity index is 188. The minimum atomic E-state index is -0.824. The molecule has 0 heterocycles. The van der Waals surface area contributed by atoms with Gasteiger partial charge in [-0.3, -0.25) is 9.59 Å². The van der Waals surface area contributed by atoms with Gasteiger partial charge in [0.25, 0.3) is 0 Å². The van der Waals surface area contributed by atoms with Crippen molar-refractivity contribution in [3.8, 4) is 0 Å². The van der Waals surface area contributed by atoms with Crippen molar-refractivity contribution in [1.29, 1.82) is 0 Å². The van der Waals surface area contributed by atoms with Crippen LogP contribution in [0.1, 0.15) is 33.1 Å². The van der Waals surface area contributed by atoms with E-state index in [4.69, 9.17) is 10.2 Å². The third-order valence-electron chi connectivity index (χ3n) is 2.03. The maximum atomic E-state index is 10.5. The van der Waals surface area contributed by atoms with Gasteiger partial charge in [-0.1, -0.05) is 13.8 Å². The zero-order valence-electron chi connectivity index (χ0n) is 7.99. The average molecular weight is 188 g/mol. The van der Waals surface area contributed by atoms with E-state index in [9.17, 15) is 9.59 Å². The quantitative estimate of drug-likeness (QED) is 0.663. The number of carbonyl (C=O) groups is 2. The van der Waals surface area contributed by atoms with E-state index < -0.39 is 11.9 Å². The van der Waals surface area contributed by atoms with Gasteiger partial charge in [0, 0.05) is 6.42 Å². The van der Waals surface area contributed by atoms with Crippen molar-refractivity contribution in [1.82, 2.24) is 0 Å². The van der Waals surface area contributed by atoms with E-state index in [0.717, 1.165) is 0 Å². The fraction of sp³-hybridized carbons (Fsp3) is 0.778. The van der Waals surface area contributed by atoms with Crippen molar-refractivity contribution < 1.29 is 19.8 Å². The third-order valence-corrected chi connectivity index (χ3v) is 2.03. The zero-order valence-corrected chi connectivity index (χ0v) is 7.99. The minimum Gasteiger partial charge on any atom is -0.481 e. The maximum Gasteiger partial charge on any atom is 0.306 e. The van der Waals surface area contributed by atoms with Gasteiger partial charge in [-0.2, -0.15) is 0 Å². The molecular weight excluding hydrogens is 172 g/mol. The number of rotatable bonds is 6. The summed E-state index contributed by atoms with van der Waals surface area (Å²) in [6, 6.07) is 0. The first-order valence-electron chi connectivity index (χ1n) is 4.38. The predicted molar refractivity (Wildman–Crippen MR) is 47.5 cm³/mol. The molecular formula is C9H16O4. The van der Waals surface area contributed by atoms with E-state index in [0.29, 0.717) is 12.8 Å². The van der Waals surface area contributed by atoms with Crippen LogP contribution < -0.4 is 0 Å². The Kier molecular flexibility index (Phi) is 5.11. The molecule has 0 aliphatic carbocycles. The number of carboxylic acids is 2. The zero-order chi connectivity index (χ0) is 10.4. The molecule has 0 aliphatic heterocycles. The molecule has 4 heteroatoms. The second kappa shape index (κ2) is 5.56. The van der Waals surface area contributed by atoms with Gasteiger partial charge < -0.3 is 10.2 Å². The van der Waals surface area contributed by atoms with E-state index in [1.807, 2.05) is 6.92 Å². The van der Waals surface area contributed by atoms with Crippen molar-refractivity contribution in [3.05, 3.63) is 0 Å². The van der Waals surface area contributed by atoms with Gasteiger partial charge in [0.15, 0.2) is 0 Å². The SMILES string of the molecule is CC(CCC(=O)O)CC(C)C(=O)O. The first-order valence-corrected chi connectivity index (χ1v) is 4.38. The van der Waals surface area contributed by atoms with Crippen LogP contribution in [0.4, 0.5) is 0 Å². The highest BCUT2D eigenvalue weighted by molar-refractivity contribution is 5.69. The summed E-state index contributed by atoms with van der Waals surface area (Å²) >= 11 is 0. The summed E-state index contributed by atoms with van der Waals surface area (Å²) in [5.74, 6) is -1.87. The second-order valence-electron chi connectivity index (χ2n) is 3.51. The molecule has 0 aromatic carbocycles. The van der Waals surface area contributed by atoms with Crippen molar-refractivity contribution in [3.63, 3.8) is 0 Å². The number of hydrogen-bond donors (Lipinski definition) is 2. The molecule has 76 valence electrons. The fourth-order valence-electron chi connectivity index (χ4n) is 1.19. The lowest BCUT2D eigenvalue weighted by Crippen LogP contribution is -2.13. The van der Waals surface area contributed by atoms with Gasteiger partial charge >= 0.3 is 11.9 Å². The van der Waals surface area contributed by atoms with Crippen LogP contribution in [0.15, 0.2) is 0 Å². The molecule has 0 bridgehead atoms. The summed E-state index contributed by atoms with van der Waals surface area (Å²) in [5.41, 5.74) is 0. The Labute approximate surface area is 77.6 Å². The normalized spacial score (nSPS) is 14.9. The van der Waals surface area contributed by atoms with Gasteiger partial charge in [-0.25, -0.2) is 0 Å². The molecule has 0 amide bonds. The highest BCUT2D eigenvalue weighted by Gasteiger charge is 2.15. The molecule has 0 aromatic rings. The molecule has 0 aromatic heterocycles. The lowest BCUT2D eigenvalue weighted by molar-refractivity contribution is -0.141. The summed E-state index contributed by atoms with van der Waals surface area (Å²) in [6.45, 7) is 3.52. The molecule has 0 spiro atoms. The van der Waals surface area contributed by atoms with E-state index in [2.05, 4.69) is 0 Å². The van der Waals surface area contributed by atoms with Crippen molar-refractivity contribution >= 4 is 11.9 Å². The van der Waals surface area contributed by atoms with Crippen LogP contribution in [0.3, 0.4) is 0 Å². The lowest BCUT2D eigenvalue weighted by atomic mass is 9.94. The summed E-state index contributed by atoms with van der Waals surface area (Å²) < 4.78 is 0. The largest absolute Gasteiger partial charge is 0.481 e. The van der Waals surface area contributed by atoms with Crippen molar-refractivity contribution in [2.75, 3.05) is 0 Å². The van der Waals surface area contributed by atoms with Crippen LogP contribution in [0.5, 0.6) is 0 Å². The molecule has 0 rings (SSSR count). The third kappa shape index (κ3) is 6.13. The molecule has 13 heavy (non-hydrogen) atoms. The van der Waals surface area contributed by atoms with E-state index in [-0.39, 0.29) is 18.3 Å². The van der Waals surface area contributed by atoms with Crippen molar-refractivity contribution in [2.45, 2.75) is 33.1 Å². The Balaban J connectivity index is 3.67. The minimum absolute atomic E-state index is 0.119. The van der Waals surface area contributed by atoms with Crippen LogP contribution in [0, 0.1) is 11.8 Å². The molecule has 2 atom stereocenters. The molecule has 0 saturated carbocycles. The molecule has 0 aliphatic rings. The lowest BCUT2D eigenvalue weighted by Gasteiger charge is -2.12. The van der Waals surface area contributed by atoms with Crippen molar-refractivity contribution in [2.24, 2.45) is 11.8 Å². The Hall–Kier alpha value is -1.06. The first-order chi connectivity index (χ1) is 5.93. The monoisotopic (exact) mass is 188 g/mol. The molecule has 0 saturated heterocycles. The highest BCUT2D eigenvalue weighted by atomic mass is 16.4. The van der Waals surface area contributed by atoms with Gasteiger partial charge in [-0.15, -0.1) is 0 Å². The topological polar surface area (TPSA) is 74.6 Å².